The molecule has 4 fully saturated rings. The molecule has 3 aliphatic carbocycles. The Bertz CT molecular complexity index is 1030. The molecule has 3 N–H and O–H groups in total. The Kier molecular flexibility index (Phi) is 9.31. The van der Waals surface area contributed by atoms with E-state index in [2.05, 4.69) is 10.6 Å². The van der Waals surface area contributed by atoms with E-state index in [0.29, 0.717) is 44.7 Å². The van der Waals surface area contributed by atoms with Gasteiger partial charge in [-0.15, -0.1) is 0 Å². The lowest BCUT2D eigenvalue weighted by Crippen LogP contribution is -2.54. The van der Waals surface area contributed by atoms with Crippen LogP contribution in [0.25, 0.3) is 0 Å². The van der Waals surface area contributed by atoms with Gasteiger partial charge in [-0.05, 0) is 94.4 Å². The van der Waals surface area contributed by atoms with E-state index < -0.39 is 18.1 Å². The van der Waals surface area contributed by atoms with Crippen molar-refractivity contribution in [1.29, 1.82) is 5.41 Å². The molecule has 0 spiro atoms. The molecule has 40 heavy (non-hydrogen) atoms. The number of nitrogens with one attached hydrogen (secondary N) is 3. The quantitative estimate of drug-likeness (QED) is 0.412. The van der Waals surface area contributed by atoms with Crippen LogP contribution < -0.4 is 16.3 Å². The van der Waals surface area contributed by atoms with Crippen molar-refractivity contribution >= 4 is 5.91 Å². The molecular weight excluding hydrogens is 525 g/mol. The minimum Gasteiger partial charge on any atom is -0.432 e. The van der Waals surface area contributed by atoms with Gasteiger partial charge < -0.3 is 24.5 Å². The molecule has 8 unspecified atom stereocenters. The second-order valence-corrected chi connectivity index (χ2v) is 12.7. The maximum absolute atomic E-state index is 14.1. The number of ether oxygens (including phenoxy) is 2. The summed E-state index contributed by atoms with van der Waals surface area (Å²) in [5.74, 6) is -1.43. The van der Waals surface area contributed by atoms with Gasteiger partial charge in [0.2, 0.25) is 5.91 Å². The van der Waals surface area contributed by atoms with Gasteiger partial charge in [-0.2, -0.15) is 13.2 Å². The summed E-state index contributed by atoms with van der Waals surface area (Å²) < 4.78 is 60.4. The van der Waals surface area contributed by atoms with Crippen LogP contribution in [0.2, 0.25) is 0 Å². The van der Waals surface area contributed by atoms with E-state index >= 15 is 0 Å². The number of carbonyl (C=O) groups excluding carboxylic acids is 1. The maximum atomic E-state index is 14.1. The molecule has 226 valence electrons. The van der Waals surface area contributed by atoms with E-state index in [4.69, 9.17) is 19.3 Å². The van der Waals surface area contributed by atoms with Crippen LogP contribution in [0.3, 0.4) is 0 Å². The summed E-state index contributed by atoms with van der Waals surface area (Å²) in [4.78, 5) is 13.9. The van der Waals surface area contributed by atoms with Crippen LogP contribution in [0.1, 0.15) is 64.2 Å². The number of methoxy groups -OCH3 is 2. The highest BCUT2D eigenvalue weighted by atomic mass is 19.4. The third kappa shape index (κ3) is 6.95. The number of amides is 1. The average molecular weight is 571 g/mol. The number of piperidine rings is 1. The van der Waals surface area contributed by atoms with Gasteiger partial charge in [-0.1, -0.05) is 0 Å². The number of hydrogen-bond donors (Lipinski definition) is 3. The predicted molar refractivity (Wildman–Crippen MR) is 141 cm³/mol. The van der Waals surface area contributed by atoms with E-state index in [9.17, 15) is 18.0 Å². The fourth-order valence-electron chi connectivity index (χ4n) is 7.94. The first kappa shape index (κ1) is 29.6. The topological polar surface area (TPSA) is 102 Å². The predicted octanol–water partition coefficient (Wildman–Crippen LogP) is 4.25. The van der Waals surface area contributed by atoms with Gasteiger partial charge in [0.15, 0.2) is 0 Å². The minimum absolute atomic E-state index is 0.0126. The zero-order chi connectivity index (χ0) is 28.4. The van der Waals surface area contributed by atoms with Crippen LogP contribution in [-0.2, 0) is 20.8 Å². The van der Waals surface area contributed by atoms with Crippen molar-refractivity contribution in [2.75, 3.05) is 20.8 Å². The second-order valence-electron chi connectivity index (χ2n) is 12.7. The van der Waals surface area contributed by atoms with Crippen LogP contribution in [0, 0.1) is 40.9 Å². The number of alkyl halides is 3. The summed E-state index contributed by atoms with van der Waals surface area (Å²) in [5, 5.41) is 14.6. The van der Waals surface area contributed by atoms with Gasteiger partial charge >= 0.3 is 6.18 Å². The first-order chi connectivity index (χ1) is 19.2. The zero-order valence-corrected chi connectivity index (χ0v) is 23.6. The molecule has 8 nitrogen and oxygen atoms in total. The summed E-state index contributed by atoms with van der Waals surface area (Å²) in [6, 6.07) is -0.667. The number of carbonyl (C=O) groups is 1. The second kappa shape index (κ2) is 12.6. The third-order valence-electron chi connectivity index (χ3n) is 10.1. The highest BCUT2D eigenvalue weighted by Gasteiger charge is 2.50. The Morgan fingerprint density at radius 2 is 1.82 bits per heavy atom. The van der Waals surface area contributed by atoms with Gasteiger partial charge in [-0.3, -0.25) is 14.8 Å². The number of rotatable bonds is 9. The smallest absolute Gasteiger partial charge is 0.393 e. The molecule has 0 aromatic carbocycles. The molecule has 0 bridgehead atoms. The fourth-order valence-corrected chi connectivity index (χ4v) is 7.94. The normalized spacial score (nSPS) is 36.2. The summed E-state index contributed by atoms with van der Waals surface area (Å²) >= 11 is 0. The summed E-state index contributed by atoms with van der Waals surface area (Å²) in [6.07, 6.45) is 6.03. The highest BCUT2D eigenvalue weighted by Crippen LogP contribution is 2.45. The number of hydrogen-bond acceptors (Lipinski definition) is 6. The summed E-state index contributed by atoms with van der Waals surface area (Å²) in [7, 11) is 3.45. The molecule has 2 heterocycles. The van der Waals surface area contributed by atoms with E-state index in [-0.39, 0.29) is 59.9 Å². The van der Waals surface area contributed by atoms with Crippen LogP contribution >= 0.6 is 0 Å². The van der Waals surface area contributed by atoms with Crippen molar-refractivity contribution in [3.05, 3.63) is 18.1 Å². The Hall–Kier alpha value is -1.85. The van der Waals surface area contributed by atoms with Crippen LogP contribution in [0.4, 0.5) is 13.2 Å². The first-order valence-corrected chi connectivity index (χ1v) is 15.0. The van der Waals surface area contributed by atoms with E-state index in [1.54, 1.807) is 25.0 Å². The Morgan fingerprint density at radius 1 is 1.10 bits per heavy atom. The lowest BCUT2D eigenvalue weighted by atomic mass is 9.68. The van der Waals surface area contributed by atoms with Gasteiger partial charge in [-0.25, -0.2) is 0 Å². The van der Waals surface area contributed by atoms with Crippen LogP contribution in [-0.4, -0.2) is 61.7 Å². The molecule has 5 rings (SSSR count). The molecule has 8 atom stereocenters. The first-order valence-electron chi connectivity index (χ1n) is 15.0. The SMILES string of the molecule is COC1CC(OC)CC(C(NC(=O)C2CC(Cn3ccoc3=N)CC(C3NCCCC3C(F)(F)F)C2)C2CC2)C1. The van der Waals surface area contributed by atoms with Gasteiger partial charge in [0, 0.05) is 45.0 Å². The lowest BCUT2D eigenvalue weighted by molar-refractivity contribution is -0.194. The summed E-state index contributed by atoms with van der Waals surface area (Å²) in [5.41, 5.74) is 0.0126. The van der Waals surface area contributed by atoms with E-state index in [0.717, 1.165) is 32.1 Å². The molecule has 11 heteroatoms. The summed E-state index contributed by atoms with van der Waals surface area (Å²) in [6.45, 7) is 1.02. The van der Waals surface area contributed by atoms with Crippen molar-refractivity contribution < 1.29 is 31.9 Å². The number of oxazole rings is 1. The number of nitrogens with zero attached hydrogens (tertiary/aromatic N) is 1. The molecule has 1 aromatic heterocycles. The van der Waals surface area contributed by atoms with Crippen LogP contribution in [0.5, 0.6) is 0 Å². The molecule has 1 aromatic rings. The molecule has 1 amide bonds. The van der Waals surface area contributed by atoms with Crippen molar-refractivity contribution in [3.63, 3.8) is 0 Å². The molecular formula is C29H45F3N4O4. The molecule has 1 aliphatic heterocycles. The Balaban J connectivity index is 1.34. The van der Waals surface area contributed by atoms with E-state index in [1.165, 1.54) is 6.26 Å². The van der Waals surface area contributed by atoms with Crippen molar-refractivity contribution in [3.8, 4) is 0 Å². The van der Waals surface area contributed by atoms with Gasteiger partial charge in [0.05, 0.1) is 18.1 Å². The lowest BCUT2D eigenvalue weighted by Gasteiger charge is -2.44. The largest absolute Gasteiger partial charge is 0.432 e. The zero-order valence-electron chi connectivity index (χ0n) is 23.6. The monoisotopic (exact) mass is 570 g/mol. The molecule has 3 saturated carbocycles. The third-order valence-corrected chi connectivity index (χ3v) is 10.1. The number of halogens is 3. The standard InChI is InChI=1S/C29H45F3N4O4/c1-38-22-13-20(14-23(15-22)39-2)25(18-5-6-18)35-27(37)21-11-17(16-36-8-9-40-28(36)33)10-19(12-21)26-24(29(30,31)32)4-3-7-34-26/h8-9,17-26,33-34H,3-7,10-16H2,1-2H3,(H,35,37). The molecule has 1 saturated heterocycles. The average Bonchev–Trinajstić information content (AvgIpc) is 3.72. The Morgan fingerprint density at radius 3 is 2.42 bits per heavy atom. The van der Waals surface area contributed by atoms with Crippen LogP contribution in [0.15, 0.2) is 16.9 Å². The Labute approximate surface area is 234 Å². The van der Waals surface area contributed by atoms with E-state index in [1.807, 2.05) is 0 Å². The van der Waals surface area contributed by atoms with Gasteiger partial charge in [0.1, 0.15) is 6.26 Å². The maximum Gasteiger partial charge on any atom is 0.393 e. The minimum atomic E-state index is -4.27. The van der Waals surface area contributed by atoms with Crippen molar-refractivity contribution in [2.45, 2.75) is 101 Å². The van der Waals surface area contributed by atoms with Gasteiger partial charge in [0.25, 0.3) is 5.68 Å². The van der Waals surface area contributed by atoms with Crippen molar-refractivity contribution in [1.82, 2.24) is 15.2 Å². The van der Waals surface area contributed by atoms with Crippen molar-refractivity contribution in [2.24, 2.45) is 35.5 Å². The highest BCUT2D eigenvalue weighted by molar-refractivity contribution is 5.79. The fraction of sp³-hybridized carbons (Fsp3) is 0.862. The molecule has 0 radical (unpaired) electrons. The number of aromatic nitrogens is 1. The molecule has 4 aliphatic rings.